The van der Waals surface area contributed by atoms with Gasteiger partial charge in [-0.05, 0) is 45.0 Å². The number of amides is 1. The molecule has 5 nitrogen and oxygen atoms in total. The first-order chi connectivity index (χ1) is 9.91. The summed E-state index contributed by atoms with van der Waals surface area (Å²) in [5.41, 5.74) is 2.43. The Morgan fingerprint density at radius 3 is 2.33 bits per heavy atom. The van der Waals surface area contributed by atoms with Gasteiger partial charge in [0.1, 0.15) is 0 Å². The zero-order valence-corrected chi connectivity index (χ0v) is 12.4. The van der Waals surface area contributed by atoms with Crippen molar-refractivity contribution >= 4 is 5.91 Å². The fraction of sp³-hybridized carbons (Fsp3) is 0.312. The van der Waals surface area contributed by atoms with Gasteiger partial charge in [-0.2, -0.15) is 10.2 Å². The average Bonchev–Trinajstić information content (AvgIpc) is 2.48. The minimum absolute atomic E-state index is 0.115. The number of aryl methyl sites for hydroxylation is 1. The van der Waals surface area contributed by atoms with Crippen LogP contribution in [0.2, 0.25) is 0 Å². The van der Waals surface area contributed by atoms with Gasteiger partial charge >= 0.3 is 0 Å². The van der Waals surface area contributed by atoms with Crippen LogP contribution in [0.4, 0.5) is 0 Å². The fourth-order valence-corrected chi connectivity index (χ4v) is 1.76. The number of hydrogen-bond acceptors (Lipinski definition) is 4. The molecule has 0 aliphatic carbocycles. The van der Waals surface area contributed by atoms with E-state index in [2.05, 4.69) is 15.5 Å². The maximum atomic E-state index is 12.1. The fourth-order valence-electron chi connectivity index (χ4n) is 1.76. The largest absolute Gasteiger partial charge is 0.394 e. The lowest BCUT2D eigenvalue weighted by atomic mass is 10.0. The predicted molar refractivity (Wildman–Crippen MR) is 80.8 cm³/mol. The van der Waals surface area contributed by atoms with Crippen LogP contribution in [0.1, 0.15) is 29.9 Å². The third-order valence-corrected chi connectivity index (χ3v) is 3.09. The monoisotopic (exact) mass is 285 g/mol. The molecule has 0 saturated carbocycles. The van der Waals surface area contributed by atoms with Gasteiger partial charge in [0, 0.05) is 11.1 Å². The zero-order valence-electron chi connectivity index (χ0n) is 12.4. The van der Waals surface area contributed by atoms with E-state index < -0.39 is 5.54 Å². The van der Waals surface area contributed by atoms with E-state index in [0.717, 1.165) is 17.0 Å². The average molecular weight is 285 g/mol. The molecule has 2 N–H and O–H groups in total. The van der Waals surface area contributed by atoms with Crippen LogP contribution in [0.3, 0.4) is 0 Å². The predicted octanol–water partition coefficient (Wildman–Crippen LogP) is 1.95. The highest BCUT2D eigenvalue weighted by molar-refractivity contribution is 5.95. The highest BCUT2D eigenvalue weighted by Crippen LogP contribution is 2.17. The normalized spacial score (nSPS) is 11.2. The standard InChI is InChI=1S/C16H19N3O2/c1-11-4-9-14(19-18-11)12-5-7-13(8-6-12)15(21)17-16(2,3)10-20/h4-9,20H,10H2,1-3H3,(H,17,21). The van der Waals surface area contributed by atoms with E-state index in [9.17, 15) is 9.90 Å². The Kier molecular flexibility index (Phi) is 4.33. The van der Waals surface area contributed by atoms with Crippen molar-refractivity contribution in [3.05, 3.63) is 47.7 Å². The lowest BCUT2D eigenvalue weighted by Gasteiger charge is -2.23. The Bertz CT molecular complexity index is 619. The van der Waals surface area contributed by atoms with Crippen LogP contribution < -0.4 is 5.32 Å². The summed E-state index contributed by atoms with van der Waals surface area (Å²) in [7, 11) is 0. The number of aromatic nitrogens is 2. The molecule has 0 unspecified atom stereocenters. The molecule has 0 spiro atoms. The molecule has 21 heavy (non-hydrogen) atoms. The molecule has 0 saturated heterocycles. The minimum atomic E-state index is -0.641. The first kappa shape index (κ1) is 15.1. The van der Waals surface area contributed by atoms with Crippen LogP contribution in [0.15, 0.2) is 36.4 Å². The number of aliphatic hydroxyl groups excluding tert-OH is 1. The van der Waals surface area contributed by atoms with E-state index in [1.165, 1.54) is 0 Å². The number of nitrogens with zero attached hydrogens (tertiary/aromatic N) is 2. The SMILES string of the molecule is Cc1ccc(-c2ccc(C(=O)NC(C)(C)CO)cc2)nn1. The van der Waals surface area contributed by atoms with E-state index in [4.69, 9.17) is 0 Å². The van der Waals surface area contributed by atoms with Crippen LogP contribution in [0, 0.1) is 6.92 Å². The summed E-state index contributed by atoms with van der Waals surface area (Å²) in [6.45, 7) is 5.30. The van der Waals surface area contributed by atoms with Crippen molar-refractivity contribution in [2.45, 2.75) is 26.3 Å². The number of hydrogen-bond donors (Lipinski definition) is 2. The van der Waals surface area contributed by atoms with Crippen molar-refractivity contribution in [2.24, 2.45) is 0 Å². The van der Waals surface area contributed by atoms with Crippen molar-refractivity contribution in [2.75, 3.05) is 6.61 Å². The number of nitrogens with one attached hydrogen (secondary N) is 1. The van der Waals surface area contributed by atoms with Crippen molar-refractivity contribution in [1.82, 2.24) is 15.5 Å². The van der Waals surface area contributed by atoms with Gasteiger partial charge in [0.05, 0.1) is 23.5 Å². The molecule has 1 aromatic heterocycles. The van der Waals surface area contributed by atoms with Gasteiger partial charge in [0.25, 0.3) is 5.91 Å². The number of rotatable bonds is 4. The molecule has 0 aliphatic rings. The molecule has 5 heteroatoms. The van der Waals surface area contributed by atoms with Gasteiger partial charge in [-0.25, -0.2) is 0 Å². The molecular weight excluding hydrogens is 266 g/mol. The maximum Gasteiger partial charge on any atom is 0.251 e. The third kappa shape index (κ3) is 3.86. The topological polar surface area (TPSA) is 75.1 Å². The summed E-state index contributed by atoms with van der Waals surface area (Å²) in [5.74, 6) is -0.212. The molecule has 0 atom stereocenters. The summed E-state index contributed by atoms with van der Waals surface area (Å²) < 4.78 is 0. The molecule has 1 heterocycles. The second kappa shape index (κ2) is 6.01. The van der Waals surface area contributed by atoms with Crippen molar-refractivity contribution in [3.8, 4) is 11.3 Å². The van der Waals surface area contributed by atoms with E-state index >= 15 is 0 Å². The van der Waals surface area contributed by atoms with Gasteiger partial charge in [-0.1, -0.05) is 12.1 Å². The highest BCUT2D eigenvalue weighted by atomic mass is 16.3. The molecule has 110 valence electrons. The van der Waals surface area contributed by atoms with Crippen LogP contribution in [0.25, 0.3) is 11.3 Å². The number of carbonyl (C=O) groups is 1. The lowest BCUT2D eigenvalue weighted by Crippen LogP contribution is -2.46. The first-order valence-electron chi connectivity index (χ1n) is 6.75. The smallest absolute Gasteiger partial charge is 0.251 e. The molecule has 2 aromatic rings. The second-order valence-electron chi connectivity index (χ2n) is 5.63. The van der Waals surface area contributed by atoms with Crippen LogP contribution in [0.5, 0.6) is 0 Å². The number of aliphatic hydroxyl groups is 1. The van der Waals surface area contributed by atoms with Gasteiger partial charge in [-0.3, -0.25) is 4.79 Å². The van der Waals surface area contributed by atoms with Gasteiger partial charge in [-0.15, -0.1) is 0 Å². The van der Waals surface area contributed by atoms with Crippen LogP contribution in [-0.2, 0) is 0 Å². The summed E-state index contributed by atoms with van der Waals surface area (Å²) in [5, 5.41) is 20.1. The van der Waals surface area contributed by atoms with E-state index in [0.29, 0.717) is 5.56 Å². The quantitative estimate of drug-likeness (QED) is 0.900. The van der Waals surface area contributed by atoms with Crippen LogP contribution >= 0.6 is 0 Å². The molecule has 1 amide bonds. The maximum absolute atomic E-state index is 12.1. The lowest BCUT2D eigenvalue weighted by molar-refractivity contribution is 0.0869. The van der Waals surface area contributed by atoms with Crippen molar-refractivity contribution < 1.29 is 9.90 Å². The summed E-state index contributed by atoms with van der Waals surface area (Å²) >= 11 is 0. The first-order valence-corrected chi connectivity index (χ1v) is 6.75. The van der Waals surface area contributed by atoms with E-state index in [1.54, 1.807) is 26.0 Å². The Hall–Kier alpha value is -2.27. The molecular formula is C16H19N3O2. The highest BCUT2D eigenvalue weighted by Gasteiger charge is 2.19. The summed E-state index contributed by atoms with van der Waals surface area (Å²) in [6.07, 6.45) is 0. The molecule has 2 rings (SSSR count). The Balaban J connectivity index is 2.15. The molecule has 1 aromatic carbocycles. The van der Waals surface area contributed by atoms with Crippen molar-refractivity contribution in [3.63, 3.8) is 0 Å². The van der Waals surface area contributed by atoms with Gasteiger partial charge in [0.15, 0.2) is 0 Å². The summed E-state index contributed by atoms with van der Waals surface area (Å²) in [4.78, 5) is 12.1. The second-order valence-corrected chi connectivity index (χ2v) is 5.63. The van der Waals surface area contributed by atoms with E-state index in [-0.39, 0.29) is 12.5 Å². The number of carbonyl (C=O) groups excluding carboxylic acids is 1. The molecule has 0 fully saturated rings. The Morgan fingerprint density at radius 2 is 1.81 bits per heavy atom. The minimum Gasteiger partial charge on any atom is -0.394 e. The van der Waals surface area contributed by atoms with Gasteiger partial charge < -0.3 is 10.4 Å². The van der Waals surface area contributed by atoms with Crippen LogP contribution in [-0.4, -0.2) is 33.4 Å². The molecule has 0 radical (unpaired) electrons. The van der Waals surface area contributed by atoms with Crippen molar-refractivity contribution in [1.29, 1.82) is 0 Å². The summed E-state index contributed by atoms with van der Waals surface area (Å²) in [6, 6.07) is 10.9. The molecule has 0 aliphatic heterocycles. The third-order valence-electron chi connectivity index (χ3n) is 3.09. The molecule has 0 bridgehead atoms. The Labute approximate surface area is 124 Å². The zero-order chi connectivity index (χ0) is 15.5. The van der Waals surface area contributed by atoms with E-state index in [1.807, 2.05) is 31.2 Å². The van der Waals surface area contributed by atoms with Gasteiger partial charge in [0.2, 0.25) is 0 Å². The number of benzene rings is 1. The Morgan fingerprint density at radius 1 is 1.14 bits per heavy atom.